The first-order valence-electron chi connectivity index (χ1n) is 12.3. The van der Waals surface area contributed by atoms with Crippen LogP contribution in [0.1, 0.15) is 62.9 Å². The van der Waals surface area contributed by atoms with Crippen molar-refractivity contribution in [2.24, 2.45) is 0 Å². The highest BCUT2D eigenvalue weighted by molar-refractivity contribution is 7.93. The fraction of sp³-hybridized carbons (Fsp3) is 0.440. The number of ether oxygens (including phenoxy) is 2. The summed E-state index contributed by atoms with van der Waals surface area (Å²) >= 11 is 0. The van der Waals surface area contributed by atoms with Crippen LogP contribution in [0.4, 0.5) is 5.95 Å². The van der Waals surface area contributed by atoms with Crippen LogP contribution in [-0.4, -0.2) is 61.6 Å². The monoisotopic (exact) mass is 556 g/mol. The van der Waals surface area contributed by atoms with E-state index in [1.54, 1.807) is 55.2 Å². The van der Waals surface area contributed by atoms with Gasteiger partial charge in [0.05, 0.1) is 19.4 Å². The van der Waals surface area contributed by atoms with Crippen molar-refractivity contribution in [2.45, 2.75) is 65.0 Å². The fourth-order valence-corrected chi connectivity index (χ4v) is 4.93. The Labute approximate surface area is 227 Å². The summed E-state index contributed by atoms with van der Waals surface area (Å²) in [5, 5.41) is 7.34. The van der Waals surface area contributed by atoms with Gasteiger partial charge in [-0.1, -0.05) is 6.07 Å². The van der Waals surface area contributed by atoms with Gasteiger partial charge >= 0.3 is 0 Å². The number of methoxy groups -OCH3 is 1. The van der Waals surface area contributed by atoms with Gasteiger partial charge in [0, 0.05) is 18.5 Å². The van der Waals surface area contributed by atoms with Crippen LogP contribution in [0.5, 0.6) is 5.88 Å². The number of nitrogens with zero attached hydrogens (tertiary/aromatic N) is 7. The van der Waals surface area contributed by atoms with Gasteiger partial charge in [-0.05, 0) is 53.2 Å². The Balaban J connectivity index is 1.75. The molecule has 3 atom stereocenters. The lowest BCUT2D eigenvalue weighted by molar-refractivity contribution is 0.00152. The number of oxazole rings is 1. The zero-order chi connectivity index (χ0) is 28.3. The average molecular weight is 557 g/mol. The molecule has 1 N–H and O–H groups in total. The highest BCUT2D eigenvalue weighted by Gasteiger charge is 2.36. The molecule has 0 saturated heterocycles. The summed E-state index contributed by atoms with van der Waals surface area (Å²) < 4.78 is 48.6. The Morgan fingerprint density at radius 1 is 1.00 bits per heavy atom. The van der Waals surface area contributed by atoms with Gasteiger partial charge in [0.2, 0.25) is 27.7 Å². The summed E-state index contributed by atoms with van der Waals surface area (Å²) in [6, 6.07) is 4.58. The van der Waals surface area contributed by atoms with Crippen LogP contribution in [-0.2, 0) is 14.8 Å². The molecule has 4 aromatic rings. The molecular weight excluding hydrogens is 524 g/mol. The van der Waals surface area contributed by atoms with E-state index < -0.39 is 27.4 Å². The van der Waals surface area contributed by atoms with Gasteiger partial charge in [-0.2, -0.15) is 0 Å². The van der Waals surface area contributed by atoms with Gasteiger partial charge in [-0.15, -0.1) is 10.2 Å². The number of aromatic nitrogens is 7. The Bertz CT molecular complexity index is 1520. The molecular formula is C25H32N8O5S. The minimum atomic E-state index is -4.11. The molecule has 4 aromatic heterocycles. The lowest BCUT2D eigenvalue weighted by Gasteiger charge is -2.25. The molecule has 1 unspecified atom stereocenters. The molecule has 4 heterocycles. The summed E-state index contributed by atoms with van der Waals surface area (Å²) in [7, 11) is -2.60. The van der Waals surface area contributed by atoms with Crippen molar-refractivity contribution < 1.29 is 22.3 Å². The number of rotatable bonds is 11. The first-order valence-corrected chi connectivity index (χ1v) is 13.9. The Morgan fingerprint density at radius 2 is 1.72 bits per heavy atom. The molecule has 0 fully saturated rings. The van der Waals surface area contributed by atoms with Crippen molar-refractivity contribution in [2.75, 3.05) is 11.8 Å². The van der Waals surface area contributed by atoms with Crippen molar-refractivity contribution >= 4 is 16.0 Å². The second-order valence-electron chi connectivity index (χ2n) is 9.34. The number of hydrogen-bond acceptors (Lipinski definition) is 11. The first-order chi connectivity index (χ1) is 18.5. The zero-order valence-corrected chi connectivity index (χ0v) is 23.7. The zero-order valence-electron chi connectivity index (χ0n) is 22.9. The molecule has 0 bridgehead atoms. The average Bonchev–Trinajstić information content (AvgIpc) is 3.53. The largest absolute Gasteiger partial charge is 0.481 e. The highest BCUT2D eigenvalue weighted by Crippen LogP contribution is 2.31. The van der Waals surface area contributed by atoms with Gasteiger partial charge < -0.3 is 13.9 Å². The summed E-state index contributed by atoms with van der Waals surface area (Å²) in [5.41, 5.74) is 1.27. The lowest BCUT2D eigenvalue weighted by atomic mass is 10.2. The number of nitrogens with one attached hydrogen (secondary N) is 1. The van der Waals surface area contributed by atoms with Crippen molar-refractivity contribution in [1.82, 2.24) is 34.7 Å². The van der Waals surface area contributed by atoms with Crippen molar-refractivity contribution in [3.8, 4) is 17.4 Å². The van der Waals surface area contributed by atoms with E-state index in [2.05, 4.69) is 34.9 Å². The molecule has 39 heavy (non-hydrogen) atoms. The van der Waals surface area contributed by atoms with E-state index in [-0.39, 0.29) is 17.9 Å². The third-order valence-corrected chi connectivity index (χ3v) is 7.56. The number of aryl methyl sites for hydroxylation is 2. The molecule has 14 heteroatoms. The second-order valence-corrected chi connectivity index (χ2v) is 11.4. The van der Waals surface area contributed by atoms with E-state index in [0.717, 1.165) is 5.56 Å². The number of pyridine rings is 1. The van der Waals surface area contributed by atoms with Crippen LogP contribution in [0, 0.1) is 13.8 Å². The van der Waals surface area contributed by atoms with Crippen molar-refractivity contribution in [1.29, 1.82) is 0 Å². The maximum absolute atomic E-state index is 13.7. The highest BCUT2D eigenvalue weighted by atomic mass is 32.2. The van der Waals surface area contributed by atoms with E-state index >= 15 is 0 Å². The minimum absolute atomic E-state index is 0.0436. The molecule has 0 aliphatic heterocycles. The summed E-state index contributed by atoms with van der Waals surface area (Å²) in [4.78, 5) is 17.4. The maximum Gasteiger partial charge on any atom is 0.240 e. The standard InChI is InChI=1S/C25H32N8O5S/c1-14(2)37-21(22-26-11-15(3)12-27-22)18(6)39(34,35)32-25-31-30-23(19-9-8-10-20(29-19)36-7)33(25)17(5)24-28-13-16(4)38-24/h8-14,17-18,21H,1-7H3,(H,31,32)/t17-,18-,21?/m0/s1. The maximum atomic E-state index is 13.7. The third-order valence-electron chi connectivity index (χ3n) is 5.86. The summed E-state index contributed by atoms with van der Waals surface area (Å²) in [6.45, 7) is 10.6. The molecule has 4 rings (SSSR count). The number of hydrogen-bond donors (Lipinski definition) is 1. The van der Waals surface area contributed by atoms with E-state index in [4.69, 9.17) is 13.9 Å². The van der Waals surface area contributed by atoms with E-state index in [9.17, 15) is 8.42 Å². The molecule has 208 valence electrons. The Kier molecular flexibility index (Phi) is 8.25. The number of sulfonamides is 1. The van der Waals surface area contributed by atoms with Crippen LogP contribution in [0.15, 0.2) is 41.2 Å². The molecule has 0 aliphatic carbocycles. The van der Waals surface area contributed by atoms with Gasteiger partial charge in [-0.25, -0.2) is 28.4 Å². The molecule has 0 amide bonds. The van der Waals surface area contributed by atoms with Crippen LogP contribution in [0.25, 0.3) is 11.5 Å². The smallest absolute Gasteiger partial charge is 0.240 e. The Hall–Kier alpha value is -3.91. The van der Waals surface area contributed by atoms with E-state index in [0.29, 0.717) is 29.0 Å². The first kappa shape index (κ1) is 28.1. The summed E-state index contributed by atoms with van der Waals surface area (Å²) in [5.74, 6) is 1.83. The molecule has 0 aliphatic rings. The molecule has 0 spiro atoms. The SMILES string of the molecule is COc1cccc(-c2nnc(NS(=O)(=O)[C@@H](C)C(OC(C)C)c3ncc(C)cn3)n2[C@@H](C)c2ncc(C)o2)n1. The predicted octanol–water partition coefficient (Wildman–Crippen LogP) is 3.65. The van der Waals surface area contributed by atoms with Crippen LogP contribution in [0.3, 0.4) is 0 Å². The topological polar surface area (TPSA) is 160 Å². The van der Waals surface area contributed by atoms with Gasteiger partial charge in [0.15, 0.2) is 11.6 Å². The Morgan fingerprint density at radius 3 is 2.33 bits per heavy atom. The number of anilines is 1. The lowest BCUT2D eigenvalue weighted by Crippen LogP contribution is -2.35. The molecule has 0 aromatic carbocycles. The molecule has 0 saturated carbocycles. The van der Waals surface area contributed by atoms with Gasteiger partial charge in [0.25, 0.3) is 0 Å². The predicted molar refractivity (Wildman–Crippen MR) is 143 cm³/mol. The molecule has 0 radical (unpaired) electrons. The van der Waals surface area contributed by atoms with Crippen molar-refractivity contribution in [3.63, 3.8) is 0 Å². The van der Waals surface area contributed by atoms with Gasteiger partial charge in [0.1, 0.15) is 28.8 Å². The normalized spacial score (nSPS) is 14.3. The molecule has 13 nitrogen and oxygen atoms in total. The third kappa shape index (κ3) is 6.23. The van der Waals surface area contributed by atoms with E-state index in [1.165, 1.54) is 14.0 Å². The minimum Gasteiger partial charge on any atom is -0.481 e. The quantitative estimate of drug-likeness (QED) is 0.287. The van der Waals surface area contributed by atoms with Crippen LogP contribution < -0.4 is 9.46 Å². The van der Waals surface area contributed by atoms with Crippen LogP contribution in [0.2, 0.25) is 0 Å². The summed E-state index contributed by atoms with van der Waals surface area (Å²) in [6.07, 6.45) is 3.61. The van der Waals surface area contributed by atoms with E-state index in [1.807, 2.05) is 20.8 Å². The van der Waals surface area contributed by atoms with Crippen molar-refractivity contribution in [3.05, 3.63) is 59.8 Å². The second kappa shape index (κ2) is 11.5. The van der Waals surface area contributed by atoms with Crippen LogP contribution >= 0.6 is 0 Å². The van der Waals surface area contributed by atoms with Gasteiger partial charge in [-0.3, -0.25) is 9.29 Å². The fourth-order valence-electron chi connectivity index (χ4n) is 3.84.